The van der Waals surface area contributed by atoms with Crippen LogP contribution in [-0.4, -0.2) is 16.8 Å². The van der Waals surface area contributed by atoms with E-state index in [1.54, 1.807) is 19.1 Å². The molecule has 1 amide bonds. The molecule has 20 heavy (non-hydrogen) atoms. The average Bonchev–Trinajstić information content (AvgIpc) is 2.88. The minimum atomic E-state index is -0.526. The summed E-state index contributed by atoms with van der Waals surface area (Å²) < 4.78 is 5.78. The van der Waals surface area contributed by atoms with Gasteiger partial charge in [0, 0.05) is 10.5 Å². The van der Waals surface area contributed by atoms with E-state index in [-0.39, 0.29) is 6.54 Å². The van der Waals surface area contributed by atoms with Crippen LogP contribution in [0, 0.1) is 13.8 Å². The monoisotopic (exact) mass is 334 g/mol. The van der Waals surface area contributed by atoms with Crippen molar-refractivity contribution < 1.29 is 14.1 Å². The van der Waals surface area contributed by atoms with Gasteiger partial charge in [-0.2, -0.15) is 0 Å². The number of aromatic nitrogens is 1. The number of amides is 1. The Bertz CT molecular complexity index is 736. The Hall–Kier alpha value is -1.95. The quantitative estimate of drug-likeness (QED) is 0.792. The molecule has 0 saturated heterocycles. The predicted molar refractivity (Wildman–Crippen MR) is 75.6 cm³/mol. The van der Waals surface area contributed by atoms with Crippen LogP contribution in [0.2, 0.25) is 0 Å². The molecule has 5 nitrogen and oxygen atoms in total. The van der Waals surface area contributed by atoms with E-state index in [2.05, 4.69) is 21.1 Å². The standard InChI is InChI=1S/C14H11BrN2O3/c1-7-3-9(15)5-11-12(7)17(14(19)13(11)18)6-10-4-8(2)20-16-10/h3-5H,6H2,1-2H3. The smallest absolute Gasteiger partial charge is 0.299 e. The molecule has 2 aromatic rings. The van der Waals surface area contributed by atoms with Crippen molar-refractivity contribution in [3.05, 3.63) is 45.3 Å². The van der Waals surface area contributed by atoms with E-state index in [1.807, 2.05) is 13.0 Å². The van der Waals surface area contributed by atoms with Gasteiger partial charge in [-0.05, 0) is 31.5 Å². The summed E-state index contributed by atoms with van der Waals surface area (Å²) >= 11 is 3.34. The predicted octanol–water partition coefficient (Wildman–Crippen LogP) is 2.78. The highest BCUT2D eigenvalue weighted by Gasteiger charge is 2.37. The Morgan fingerprint density at radius 2 is 2.00 bits per heavy atom. The maximum absolute atomic E-state index is 12.1. The van der Waals surface area contributed by atoms with E-state index >= 15 is 0 Å². The molecular formula is C14H11BrN2O3. The third kappa shape index (κ3) is 1.96. The lowest BCUT2D eigenvalue weighted by atomic mass is 10.1. The van der Waals surface area contributed by atoms with Crippen LogP contribution in [0.25, 0.3) is 0 Å². The molecule has 1 aromatic carbocycles. The van der Waals surface area contributed by atoms with Crippen molar-refractivity contribution in [3.8, 4) is 0 Å². The second kappa shape index (κ2) is 4.56. The van der Waals surface area contributed by atoms with Crippen molar-refractivity contribution in [2.45, 2.75) is 20.4 Å². The second-order valence-corrected chi connectivity index (χ2v) is 5.68. The summed E-state index contributed by atoms with van der Waals surface area (Å²) in [6, 6.07) is 5.31. The van der Waals surface area contributed by atoms with Crippen molar-refractivity contribution >= 4 is 33.3 Å². The number of rotatable bonds is 2. The van der Waals surface area contributed by atoms with Crippen molar-refractivity contribution in [1.82, 2.24) is 5.16 Å². The molecule has 1 aliphatic heterocycles. The van der Waals surface area contributed by atoms with Crippen LogP contribution in [0.3, 0.4) is 0 Å². The Morgan fingerprint density at radius 3 is 2.65 bits per heavy atom. The zero-order valence-electron chi connectivity index (χ0n) is 10.9. The molecule has 102 valence electrons. The summed E-state index contributed by atoms with van der Waals surface area (Å²) in [5.41, 5.74) is 2.58. The van der Waals surface area contributed by atoms with E-state index in [1.165, 1.54) is 4.90 Å². The molecular weight excluding hydrogens is 324 g/mol. The van der Waals surface area contributed by atoms with Crippen LogP contribution < -0.4 is 4.90 Å². The Morgan fingerprint density at radius 1 is 1.25 bits per heavy atom. The van der Waals surface area contributed by atoms with Crippen molar-refractivity contribution in [2.75, 3.05) is 4.90 Å². The molecule has 0 bridgehead atoms. The highest BCUT2D eigenvalue weighted by Crippen LogP contribution is 2.35. The summed E-state index contributed by atoms with van der Waals surface area (Å²) in [6.45, 7) is 3.89. The molecule has 0 saturated carbocycles. The third-order valence-corrected chi connectivity index (χ3v) is 3.67. The number of aryl methyl sites for hydroxylation is 2. The number of anilines is 1. The number of fused-ring (bicyclic) bond motifs is 1. The van der Waals surface area contributed by atoms with Crippen LogP contribution in [-0.2, 0) is 11.3 Å². The van der Waals surface area contributed by atoms with Gasteiger partial charge in [-0.3, -0.25) is 14.5 Å². The molecule has 0 N–H and O–H groups in total. The molecule has 0 radical (unpaired) electrons. The normalized spacial score (nSPS) is 14.1. The van der Waals surface area contributed by atoms with Gasteiger partial charge in [0.1, 0.15) is 11.5 Å². The number of ketones is 1. The summed E-state index contributed by atoms with van der Waals surface area (Å²) in [5.74, 6) is -0.336. The molecule has 0 fully saturated rings. The molecule has 6 heteroatoms. The first-order valence-electron chi connectivity index (χ1n) is 6.06. The fourth-order valence-corrected chi connectivity index (χ4v) is 2.98. The number of hydrogen-bond acceptors (Lipinski definition) is 4. The van der Waals surface area contributed by atoms with Crippen LogP contribution in [0.15, 0.2) is 27.2 Å². The first-order valence-corrected chi connectivity index (χ1v) is 6.85. The number of carbonyl (C=O) groups is 2. The summed E-state index contributed by atoms with van der Waals surface area (Å²) in [5, 5.41) is 3.87. The SMILES string of the molecule is Cc1cc(CN2C(=O)C(=O)c3cc(Br)cc(C)c32)no1. The highest BCUT2D eigenvalue weighted by molar-refractivity contribution is 9.10. The maximum Gasteiger partial charge on any atom is 0.299 e. The molecule has 2 heterocycles. The first kappa shape index (κ1) is 13.1. The molecule has 0 spiro atoms. The van der Waals surface area contributed by atoms with Gasteiger partial charge < -0.3 is 4.52 Å². The lowest BCUT2D eigenvalue weighted by Gasteiger charge is -2.17. The van der Waals surface area contributed by atoms with Gasteiger partial charge in [0.05, 0.1) is 17.8 Å². The molecule has 0 unspecified atom stereocenters. The Kier molecular flexibility index (Phi) is 2.97. The second-order valence-electron chi connectivity index (χ2n) is 4.77. The minimum absolute atomic E-state index is 0.234. The number of hydrogen-bond donors (Lipinski definition) is 0. The van der Waals surface area contributed by atoms with Crippen LogP contribution in [0.4, 0.5) is 5.69 Å². The number of nitrogens with zero attached hydrogens (tertiary/aromatic N) is 2. The topological polar surface area (TPSA) is 63.4 Å². The largest absolute Gasteiger partial charge is 0.361 e. The lowest BCUT2D eigenvalue weighted by molar-refractivity contribution is -0.114. The van der Waals surface area contributed by atoms with Crippen LogP contribution >= 0.6 is 15.9 Å². The van der Waals surface area contributed by atoms with E-state index in [4.69, 9.17) is 4.52 Å². The number of benzene rings is 1. The van der Waals surface area contributed by atoms with Crippen molar-refractivity contribution in [3.63, 3.8) is 0 Å². The fraction of sp³-hybridized carbons (Fsp3) is 0.214. The van der Waals surface area contributed by atoms with E-state index < -0.39 is 11.7 Å². The van der Waals surface area contributed by atoms with Crippen molar-refractivity contribution in [2.24, 2.45) is 0 Å². The summed E-state index contributed by atoms with van der Waals surface area (Å²) in [6.07, 6.45) is 0. The van der Waals surface area contributed by atoms with Gasteiger partial charge in [-0.25, -0.2) is 0 Å². The van der Waals surface area contributed by atoms with Gasteiger partial charge in [-0.1, -0.05) is 21.1 Å². The van der Waals surface area contributed by atoms with Crippen LogP contribution in [0.5, 0.6) is 0 Å². The average molecular weight is 335 g/mol. The zero-order valence-corrected chi connectivity index (χ0v) is 12.5. The molecule has 1 aromatic heterocycles. The van der Waals surface area contributed by atoms with Gasteiger partial charge >= 0.3 is 0 Å². The van der Waals surface area contributed by atoms with E-state index in [9.17, 15) is 9.59 Å². The number of halogens is 1. The summed E-state index contributed by atoms with van der Waals surface area (Å²) in [7, 11) is 0. The maximum atomic E-state index is 12.1. The Labute approximate surface area is 123 Å². The number of carbonyl (C=O) groups excluding carboxylic acids is 2. The first-order chi connectivity index (χ1) is 9.47. The molecule has 3 rings (SSSR count). The third-order valence-electron chi connectivity index (χ3n) is 3.22. The molecule has 1 aliphatic rings. The minimum Gasteiger partial charge on any atom is -0.361 e. The van der Waals surface area contributed by atoms with Gasteiger partial charge in [0.2, 0.25) is 0 Å². The van der Waals surface area contributed by atoms with Gasteiger partial charge in [0.25, 0.3) is 11.7 Å². The lowest BCUT2D eigenvalue weighted by Crippen LogP contribution is -2.29. The molecule has 0 aliphatic carbocycles. The van der Waals surface area contributed by atoms with Gasteiger partial charge in [0.15, 0.2) is 0 Å². The molecule has 0 atom stereocenters. The van der Waals surface area contributed by atoms with E-state index in [0.29, 0.717) is 22.7 Å². The fourth-order valence-electron chi connectivity index (χ4n) is 2.41. The Balaban J connectivity index is 2.06. The van der Waals surface area contributed by atoms with Crippen LogP contribution in [0.1, 0.15) is 27.4 Å². The van der Waals surface area contributed by atoms with E-state index in [0.717, 1.165) is 10.0 Å². The zero-order chi connectivity index (χ0) is 14.4. The van der Waals surface area contributed by atoms with Gasteiger partial charge in [-0.15, -0.1) is 0 Å². The highest BCUT2D eigenvalue weighted by atomic mass is 79.9. The number of Topliss-reactive ketones (excluding diaryl/α,β-unsaturated/α-hetero) is 1. The summed E-state index contributed by atoms with van der Waals surface area (Å²) in [4.78, 5) is 25.6. The van der Waals surface area contributed by atoms with Crippen molar-refractivity contribution in [1.29, 1.82) is 0 Å².